The molecule has 1 amide bonds. The van der Waals surface area contributed by atoms with Crippen LogP contribution in [0, 0.1) is 5.41 Å². The zero-order valence-electron chi connectivity index (χ0n) is 12.4. The predicted octanol–water partition coefficient (Wildman–Crippen LogP) is 2.81. The van der Waals surface area contributed by atoms with E-state index in [9.17, 15) is 4.79 Å². The van der Waals surface area contributed by atoms with Gasteiger partial charge in [0, 0.05) is 12.1 Å². The largest absolute Gasteiger partial charge is 0.444 e. The molecule has 0 spiro atoms. The molecule has 1 saturated carbocycles. The highest BCUT2D eigenvalue weighted by Gasteiger charge is 2.30. The van der Waals surface area contributed by atoms with E-state index in [1.165, 1.54) is 0 Å². The molecule has 4 nitrogen and oxygen atoms in total. The summed E-state index contributed by atoms with van der Waals surface area (Å²) in [6.07, 6.45) is 3.31. The third-order valence-corrected chi connectivity index (χ3v) is 3.12. The Morgan fingerprint density at radius 1 is 1.28 bits per heavy atom. The third kappa shape index (κ3) is 5.71. The summed E-state index contributed by atoms with van der Waals surface area (Å²) in [4.78, 5) is 11.8. The molecular weight excluding hydrogens is 228 g/mol. The van der Waals surface area contributed by atoms with Crippen molar-refractivity contribution in [2.45, 2.75) is 78.0 Å². The third-order valence-electron chi connectivity index (χ3n) is 3.12. The Balaban J connectivity index is 2.39. The minimum atomic E-state index is -0.441. The monoisotopic (exact) mass is 256 g/mol. The zero-order valence-corrected chi connectivity index (χ0v) is 12.4. The fraction of sp³-hybridized carbons (Fsp3) is 0.929. The number of hydrogen-bond donors (Lipinski definition) is 2. The van der Waals surface area contributed by atoms with E-state index in [0.717, 1.165) is 25.7 Å². The molecule has 0 saturated heterocycles. The highest BCUT2D eigenvalue weighted by molar-refractivity contribution is 5.68. The lowest BCUT2D eigenvalue weighted by Crippen LogP contribution is -2.41. The molecule has 1 rings (SSSR count). The Morgan fingerprint density at radius 2 is 1.89 bits per heavy atom. The Kier molecular flexibility index (Phi) is 4.65. The van der Waals surface area contributed by atoms with Gasteiger partial charge in [-0.3, -0.25) is 0 Å². The Hall–Kier alpha value is -0.770. The molecule has 0 heterocycles. The second kappa shape index (κ2) is 5.47. The minimum absolute atomic E-state index is 0.138. The van der Waals surface area contributed by atoms with Crippen molar-refractivity contribution in [3.8, 4) is 0 Å². The van der Waals surface area contributed by atoms with Crippen LogP contribution in [0.2, 0.25) is 0 Å². The summed E-state index contributed by atoms with van der Waals surface area (Å²) in [6, 6.07) is 0.399. The molecule has 18 heavy (non-hydrogen) atoms. The SMILES string of the molecule is CC(C)(C)CC(C)(C)OC(=O)N[C@H]1CC[C@@H](N)C1. The van der Waals surface area contributed by atoms with Crippen molar-refractivity contribution in [2.75, 3.05) is 0 Å². The standard InChI is InChI=1S/C14H28N2O2/c1-13(2,3)9-14(4,5)18-12(17)16-11-7-6-10(15)8-11/h10-11H,6-9,15H2,1-5H3,(H,16,17)/t10-,11+/m1/s1. The number of nitrogens with one attached hydrogen (secondary N) is 1. The first-order valence-corrected chi connectivity index (χ1v) is 6.82. The number of ether oxygens (including phenoxy) is 1. The maximum absolute atomic E-state index is 11.8. The lowest BCUT2D eigenvalue weighted by molar-refractivity contribution is 0.00871. The number of alkyl carbamates (subject to hydrolysis) is 1. The van der Waals surface area contributed by atoms with Crippen LogP contribution in [0.5, 0.6) is 0 Å². The van der Waals surface area contributed by atoms with Crippen molar-refractivity contribution >= 4 is 6.09 Å². The van der Waals surface area contributed by atoms with Gasteiger partial charge in [-0.2, -0.15) is 0 Å². The van der Waals surface area contributed by atoms with E-state index in [0.29, 0.717) is 0 Å². The van der Waals surface area contributed by atoms with Crippen molar-refractivity contribution in [3.05, 3.63) is 0 Å². The fourth-order valence-electron chi connectivity index (χ4n) is 2.91. The normalized spacial score (nSPS) is 25.0. The van der Waals surface area contributed by atoms with E-state index in [-0.39, 0.29) is 23.6 Å². The first-order valence-electron chi connectivity index (χ1n) is 6.82. The summed E-state index contributed by atoms with van der Waals surface area (Å²) >= 11 is 0. The molecule has 0 aromatic heterocycles. The van der Waals surface area contributed by atoms with Crippen LogP contribution in [0.25, 0.3) is 0 Å². The van der Waals surface area contributed by atoms with Crippen molar-refractivity contribution in [1.29, 1.82) is 0 Å². The summed E-state index contributed by atoms with van der Waals surface area (Å²) in [6.45, 7) is 10.3. The molecular formula is C14H28N2O2. The molecule has 0 bridgehead atoms. The summed E-state index contributed by atoms with van der Waals surface area (Å²) in [5, 5.41) is 2.91. The van der Waals surface area contributed by atoms with Crippen LogP contribution in [-0.4, -0.2) is 23.8 Å². The Bertz CT molecular complexity index is 295. The zero-order chi connectivity index (χ0) is 14.0. The van der Waals surface area contributed by atoms with Gasteiger partial charge in [0.15, 0.2) is 0 Å². The van der Waals surface area contributed by atoms with Crippen LogP contribution >= 0.6 is 0 Å². The lowest BCUT2D eigenvalue weighted by Gasteiger charge is -2.32. The van der Waals surface area contributed by atoms with Crippen molar-refractivity contribution in [1.82, 2.24) is 5.32 Å². The number of hydrogen-bond acceptors (Lipinski definition) is 3. The fourth-order valence-corrected chi connectivity index (χ4v) is 2.91. The molecule has 1 aliphatic carbocycles. The molecule has 0 aliphatic heterocycles. The van der Waals surface area contributed by atoms with Gasteiger partial charge in [0.1, 0.15) is 5.60 Å². The first-order chi connectivity index (χ1) is 8.07. The molecule has 2 atom stereocenters. The van der Waals surface area contributed by atoms with Gasteiger partial charge in [-0.05, 0) is 44.9 Å². The van der Waals surface area contributed by atoms with Crippen LogP contribution in [0.4, 0.5) is 4.79 Å². The van der Waals surface area contributed by atoms with Gasteiger partial charge in [0.2, 0.25) is 0 Å². The number of carbonyl (C=O) groups is 1. The molecule has 0 radical (unpaired) electrons. The van der Waals surface area contributed by atoms with Gasteiger partial charge in [0.05, 0.1) is 0 Å². The number of nitrogens with two attached hydrogens (primary N) is 1. The van der Waals surface area contributed by atoms with E-state index in [1.807, 2.05) is 13.8 Å². The molecule has 0 aromatic carbocycles. The van der Waals surface area contributed by atoms with E-state index in [2.05, 4.69) is 26.1 Å². The van der Waals surface area contributed by atoms with Gasteiger partial charge in [0.25, 0.3) is 0 Å². The second-order valence-electron chi connectivity index (χ2n) is 7.30. The summed E-state index contributed by atoms with van der Waals surface area (Å²) in [5.41, 5.74) is 5.52. The molecule has 106 valence electrons. The average Bonchev–Trinajstić information content (AvgIpc) is 2.44. The molecule has 0 unspecified atom stereocenters. The predicted molar refractivity (Wildman–Crippen MR) is 73.4 cm³/mol. The highest BCUT2D eigenvalue weighted by Crippen LogP contribution is 2.29. The van der Waals surface area contributed by atoms with Gasteiger partial charge in [-0.1, -0.05) is 20.8 Å². The van der Waals surface area contributed by atoms with Crippen LogP contribution in [0.15, 0.2) is 0 Å². The molecule has 1 aliphatic rings. The number of amides is 1. The van der Waals surface area contributed by atoms with Crippen molar-refractivity contribution in [3.63, 3.8) is 0 Å². The Morgan fingerprint density at radius 3 is 2.33 bits per heavy atom. The van der Waals surface area contributed by atoms with Crippen LogP contribution in [-0.2, 0) is 4.74 Å². The van der Waals surface area contributed by atoms with Crippen LogP contribution in [0.3, 0.4) is 0 Å². The van der Waals surface area contributed by atoms with Crippen LogP contribution < -0.4 is 11.1 Å². The maximum atomic E-state index is 11.8. The van der Waals surface area contributed by atoms with Gasteiger partial charge < -0.3 is 15.8 Å². The van der Waals surface area contributed by atoms with Crippen molar-refractivity contribution in [2.24, 2.45) is 11.1 Å². The van der Waals surface area contributed by atoms with E-state index in [1.54, 1.807) is 0 Å². The summed E-state index contributed by atoms with van der Waals surface area (Å²) in [5.74, 6) is 0. The summed E-state index contributed by atoms with van der Waals surface area (Å²) < 4.78 is 5.52. The quantitative estimate of drug-likeness (QED) is 0.816. The van der Waals surface area contributed by atoms with Gasteiger partial charge in [-0.15, -0.1) is 0 Å². The van der Waals surface area contributed by atoms with Gasteiger partial charge >= 0.3 is 6.09 Å². The highest BCUT2D eigenvalue weighted by atomic mass is 16.6. The Labute approximate surface area is 111 Å². The minimum Gasteiger partial charge on any atom is -0.444 e. The van der Waals surface area contributed by atoms with E-state index < -0.39 is 5.60 Å². The number of rotatable bonds is 3. The molecule has 1 fully saturated rings. The molecule has 4 heteroatoms. The van der Waals surface area contributed by atoms with Crippen LogP contribution in [0.1, 0.15) is 60.3 Å². The van der Waals surface area contributed by atoms with Gasteiger partial charge in [-0.25, -0.2) is 4.79 Å². The van der Waals surface area contributed by atoms with Crippen molar-refractivity contribution < 1.29 is 9.53 Å². The average molecular weight is 256 g/mol. The molecule has 3 N–H and O–H groups in total. The smallest absolute Gasteiger partial charge is 0.407 e. The topological polar surface area (TPSA) is 64.3 Å². The van der Waals surface area contributed by atoms with E-state index >= 15 is 0 Å². The lowest BCUT2D eigenvalue weighted by atomic mass is 9.84. The maximum Gasteiger partial charge on any atom is 0.407 e. The second-order valence-corrected chi connectivity index (χ2v) is 7.30. The summed E-state index contributed by atoms with van der Waals surface area (Å²) in [7, 11) is 0. The van der Waals surface area contributed by atoms with E-state index in [4.69, 9.17) is 10.5 Å². The first kappa shape index (κ1) is 15.3. The molecule has 0 aromatic rings. The number of carbonyl (C=O) groups excluding carboxylic acids is 1.